The fraction of sp³-hybridized carbons (Fsp3) is 0.900. The Labute approximate surface area is 159 Å². The first-order valence-electron chi connectivity index (χ1n) is 10.3. The Balaban J connectivity index is 1.87. The van der Waals surface area contributed by atoms with Gasteiger partial charge in [-0.05, 0) is 45.7 Å². The SMILES string of the molecule is CCNC(=NCC(C)(C)CN(C)C)NC1CCN(C(=O)C2CCCC2)C1. The second-order valence-electron chi connectivity index (χ2n) is 8.99. The third-order valence-electron chi connectivity index (χ3n) is 5.30. The summed E-state index contributed by atoms with van der Waals surface area (Å²) in [7, 11) is 4.20. The van der Waals surface area contributed by atoms with Crippen LogP contribution < -0.4 is 10.6 Å². The van der Waals surface area contributed by atoms with Crippen LogP contribution in [0, 0.1) is 11.3 Å². The van der Waals surface area contributed by atoms with Crippen LogP contribution in [0.4, 0.5) is 0 Å². The molecule has 1 aliphatic heterocycles. The average molecular weight is 366 g/mol. The summed E-state index contributed by atoms with van der Waals surface area (Å²) in [6, 6.07) is 0.301. The fourth-order valence-electron chi connectivity index (χ4n) is 4.22. The third kappa shape index (κ3) is 6.45. The van der Waals surface area contributed by atoms with Crippen molar-refractivity contribution in [3.8, 4) is 0 Å². The molecule has 2 N–H and O–H groups in total. The first kappa shape index (κ1) is 21.0. The summed E-state index contributed by atoms with van der Waals surface area (Å²) in [6.07, 6.45) is 5.60. The Bertz CT molecular complexity index is 483. The molecule has 1 amide bonds. The second-order valence-corrected chi connectivity index (χ2v) is 8.99. The Morgan fingerprint density at radius 3 is 2.54 bits per heavy atom. The number of nitrogens with one attached hydrogen (secondary N) is 2. The quantitative estimate of drug-likeness (QED) is 0.535. The lowest BCUT2D eigenvalue weighted by Crippen LogP contribution is -2.46. The van der Waals surface area contributed by atoms with E-state index in [1.807, 2.05) is 0 Å². The smallest absolute Gasteiger partial charge is 0.225 e. The molecule has 1 unspecified atom stereocenters. The molecule has 0 aromatic carbocycles. The standard InChI is InChI=1S/C20H39N5O/c1-6-21-19(22-14-20(2,3)15-24(4)5)23-17-11-12-25(13-17)18(26)16-9-7-8-10-16/h16-17H,6-15H2,1-5H3,(H2,21,22,23). The molecule has 1 aliphatic carbocycles. The van der Waals surface area contributed by atoms with Crippen molar-refractivity contribution in [3.63, 3.8) is 0 Å². The number of rotatable bonds is 7. The molecule has 2 rings (SSSR count). The summed E-state index contributed by atoms with van der Waals surface area (Å²) < 4.78 is 0. The van der Waals surface area contributed by atoms with E-state index in [-0.39, 0.29) is 11.3 Å². The molecule has 2 aliphatic rings. The average Bonchev–Trinajstić information content (AvgIpc) is 3.23. The zero-order valence-corrected chi connectivity index (χ0v) is 17.5. The van der Waals surface area contributed by atoms with E-state index in [0.717, 1.165) is 57.9 Å². The van der Waals surface area contributed by atoms with Crippen molar-refractivity contribution in [2.75, 3.05) is 46.8 Å². The summed E-state index contributed by atoms with van der Waals surface area (Å²) in [6.45, 7) is 10.9. The summed E-state index contributed by atoms with van der Waals surface area (Å²) in [5, 5.41) is 6.91. The maximum absolute atomic E-state index is 12.6. The lowest BCUT2D eigenvalue weighted by atomic mass is 9.93. The Hall–Kier alpha value is -1.30. The second kappa shape index (κ2) is 9.58. The van der Waals surface area contributed by atoms with E-state index in [1.54, 1.807) is 0 Å². The number of hydrogen-bond donors (Lipinski definition) is 2. The van der Waals surface area contributed by atoms with E-state index >= 15 is 0 Å². The van der Waals surface area contributed by atoms with Gasteiger partial charge in [-0.15, -0.1) is 0 Å². The minimum atomic E-state index is 0.131. The molecular formula is C20H39N5O. The van der Waals surface area contributed by atoms with Crippen LogP contribution in [-0.4, -0.2) is 74.5 Å². The van der Waals surface area contributed by atoms with Crippen molar-refractivity contribution < 1.29 is 4.79 Å². The van der Waals surface area contributed by atoms with Crippen molar-refractivity contribution in [3.05, 3.63) is 0 Å². The van der Waals surface area contributed by atoms with Gasteiger partial charge >= 0.3 is 0 Å². The molecule has 1 heterocycles. The number of carbonyl (C=O) groups excluding carboxylic acids is 1. The largest absolute Gasteiger partial charge is 0.357 e. The Morgan fingerprint density at radius 1 is 1.23 bits per heavy atom. The number of guanidine groups is 1. The van der Waals surface area contributed by atoms with Crippen molar-refractivity contribution in [1.29, 1.82) is 0 Å². The first-order chi connectivity index (χ1) is 12.3. The van der Waals surface area contributed by atoms with E-state index in [4.69, 9.17) is 4.99 Å². The van der Waals surface area contributed by atoms with E-state index in [9.17, 15) is 4.79 Å². The molecule has 6 nitrogen and oxygen atoms in total. The normalized spacial score (nSPS) is 22.3. The predicted molar refractivity (Wildman–Crippen MR) is 108 cm³/mol. The maximum atomic E-state index is 12.6. The molecule has 0 aromatic rings. The summed E-state index contributed by atoms with van der Waals surface area (Å²) in [5.41, 5.74) is 0.131. The molecule has 1 saturated heterocycles. The highest BCUT2D eigenvalue weighted by molar-refractivity contribution is 5.81. The van der Waals surface area contributed by atoms with Gasteiger partial charge in [-0.2, -0.15) is 0 Å². The van der Waals surface area contributed by atoms with E-state index in [2.05, 4.69) is 55.3 Å². The van der Waals surface area contributed by atoms with Gasteiger partial charge in [0, 0.05) is 44.7 Å². The molecule has 0 bridgehead atoms. The highest BCUT2D eigenvalue weighted by Crippen LogP contribution is 2.27. The number of amides is 1. The summed E-state index contributed by atoms with van der Waals surface area (Å²) in [4.78, 5) is 21.7. The minimum absolute atomic E-state index is 0.131. The maximum Gasteiger partial charge on any atom is 0.225 e. The van der Waals surface area contributed by atoms with Crippen molar-refractivity contribution in [2.45, 2.75) is 58.9 Å². The molecule has 0 radical (unpaired) electrons. The van der Waals surface area contributed by atoms with Gasteiger partial charge in [-0.1, -0.05) is 26.7 Å². The summed E-state index contributed by atoms with van der Waals surface area (Å²) >= 11 is 0. The third-order valence-corrected chi connectivity index (χ3v) is 5.30. The van der Waals surface area contributed by atoms with Gasteiger partial charge in [0.25, 0.3) is 0 Å². The van der Waals surface area contributed by atoms with E-state index in [0.29, 0.717) is 11.9 Å². The number of hydrogen-bond acceptors (Lipinski definition) is 3. The highest BCUT2D eigenvalue weighted by Gasteiger charge is 2.32. The van der Waals surface area contributed by atoms with E-state index in [1.165, 1.54) is 12.8 Å². The molecule has 1 atom stereocenters. The summed E-state index contributed by atoms with van der Waals surface area (Å²) in [5.74, 6) is 1.53. The molecule has 1 saturated carbocycles. The first-order valence-corrected chi connectivity index (χ1v) is 10.3. The van der Waals surface area contributed by atoms with Crippen LogP contribution in [0.3, 0.4) is 0 Å². The van der Waals surface area contributed by atoms with Crippen LogP contribution in [0.1, 0.15) is 52.9 Å². The van der Waals surface area contributed by atoms with Gasteiger partial charge in [0.2, 0.25) is 5.91 Å². The molecule has 0 spiro atoms. The highest BCUT2D eigenvalue weighted by atomic mass is 16.2. The molecule has 2 fully saturated rings. The zero-order valence-electron chi connectivity index (χ0n) is 17.5. The monoisotopic (exact) mass is 365 g/mol. The van der Waals surface area contributed by atoms with Crippen LogP contribution in [-0.2, 0) is 4.79 Å². The van der Waals surface area contributed by atoms with Gasteiger partial charge in [-0.25, -0.2) is 0 Å². The number of likely N-dealkylation sites (tertiary alicyclic amines) is 1. The topological polar surface area (TPSA) is 60.0 Å². The fourth-order valence-corrected chi connectivity index (χ4v) is 4.22. The molecule has 150 valence electrons. The number of carbonyl (C=O) groups is 1. The predicted octanol–water partition coefficient (Wildman–Crippen LogP) is 1.92. The van der Waals surface area contributed by atoms with Crippen molar-refractivity contribution in [2.24, 2.45) is 16.3 Å². The lowest BCUT2D eigenvalue weighted by molar-refractivity contribution is -0.134. The Morgan fingerprint density at radius 2 is 1.92 bits per heavy atom. The van der Waals surface area contributed by atoms with Gasteiger partial charge in [0.15, 0.2) is 5.96 Å². The van der Waals surface area contributed by atoms with Gasteiger partial charge in [-0.3, -0.25) is 9.79 Å². The van der Waals surface area contributed by atoms with Gasteiger partial charge < -0.3 is 20.4 Å². The Kier molecular flexibility index (Phi) is 7.74. The molecule has 26 heavy (non-hydrogen) atoms. The lowest BCUT2D eigenvalue weighted by Gasteiger charge is -2.27. The minimum Gasteiger partial charge on any atom is -0.357 e. The van der Waals surface area contributed by atoms with Crippen LogP contribution in [0.15, 0.2) is 4.99 Å². The molecular weight excluding hydrogens is 326 g/mol. The number of aliphatic imine (C=N–C) groups is 1. The van der Waals surface area contributed by atoms with Gasteiger partial charge in [0.05, 0.1) is 0 Å². The molecule has 6 heteroatoms. The number of nitrogens with zero attached hydrogens (tertiary/aromatic N) is 3. The molecule has 0 aromatic heterocycles. The van der Waals surface area contributed by atoms with Crippen LogP contribution in [0.25, 0.3) is 0 Å². The van der Waals surface area contributed by atoms with Crippen LogP contribution >= 0.6 is 0 Å². The van der Waals surface area contributed by atoms with Crippen LogP contribution in [0.5, 0.6) is 0 Å². The van der Waals surface area contributed by atoms with Crippen LogP contribution in [0.2, 0.25) is 0 Å². The van der Waals surface area contributed by atoms with Crippen molar-refractivity contribution >= 4 is 11.9 Å². The van der Waals surface area contributed by atoms with Crippen molar-refractivity contribution in [1.82, 2.24) is 20.4 Å². The zero-order chi connectivity index (χ0) is 19.2. The van der Waals surface area contributed by atoms with Gasteiger partial charge in [0.1, 0.15) is 0 Å². The van der Waals surface area contributed by atoms with E-state index < -0.39 is 0 Å².